The third kappa shape index (κ3) is 5.12. The zero-order valence-electron chi connectivity index (χ0n) is 17.9. The molecular formula is C22H25ClN2O6S. The van der Waals surface area contributed by atoms with Gasteiger partial charge in [-0.05, 0) is 42.8 Å². The molecule has 1 atom stereocenters. The Kier molecular flexibility index (Phi) is 7.89. The fraction of sp³-hybridized carbons (Fsp3) is 0.364. The summed E-state index contributed by atoms with van der Waals surface area (Å²) < 4.78 is 37.4. The predicted octanol–water partition coefficient (Wildman–Crippen LogP) is 2.74. The molecule has 0 N–H and O–H groups in total. The molecular weight excluding hydrogens is 456 g/mol. The quantitative estimate of drug-likeness (QED) is 0.562. The maximum atomic E-state index is 13.1. The van der Waals surface area contributed by atoms with Crippen molar-refractivity contribution in [1.82, 2.24) is 9.21 Å². The van der Waals surface area contributed by atoms with Crippen LogP contribution in [0.2, 0.25) is 5.02 Å². The van der Waals surface area contributed by atoms with Crippen molar-refractivity contribution in [1.29, 1.82) is 0 Å². The van der Waals surface area contributed by atoms with Gasteiger partial charge in [-0.3, -0.25) is 4.90 Å². The van der Waals surface area contributed by atoms with Gasteiger partial charge in [0, 0.05) is 31.2 Å². The first-order valence-corrected chi connectivity index (χ1v) is 11.9. The second-order valence-electron chi connectivity index (χ2n) is 7.13. The van der Waals surface area contributed by atoms with E-state index in [-0.39, 0.29) is 30.2 Å². The van der Waals surface area contributed by atoms with Gasteiger partial charge in [0.25, 0.3) is 0 Å². The maximum absolute atomic E-state index is 13.1. The Labute approximate surface area is 192 Å². The number of carbonyl (C=O) groups is 2. The Bertz CT molecular complexity index is 1070. The summed E-state index contributed by atoms with van der Waals surface area (Å²) in [5.74, 6) is -0.956. The molecule has 1 fully saturated rings. The minimum absolute atomic E-state index is 0.0922. The Morgan fingerprint density at radius 3 is 2.22 bits per heavy atom. The van der Waals surface area contributed by atoms with Gasteiger partial charge in [0.05, 0.1) is 24.2 Å². The highest BCUT2D eigenvalue weighted by Gasteiger charge is 2.35. The molecule has 1 aliphatic rings. The van der Waals surface area contributed by atoms with Gasteiger partial charge in [-0.1, -0.05) is 29.8 Å². The van der Waals surface area contributed by atoms with E-state index < -0.39 is 28.0 Å². The SMILES string of the molecule is CCOC(=O)c1ccc(S(=O)(=O)N2CCN(C(C(=O)OC)c3ccccc3Cl)CC2)cc1. The largest absolute Gasteiger partial charge is 0.468 e. The molecule has 2 aromatic rings. The van der Waals surface area contributed by atoms with Gasteiger partial charge in [-0.15, -0.1) is 0 Å². The van der Waals surface area contributed by atoms with Crippen LogP contribution in [0.15, 0.2) is 53.4 Å². The second kappa shape index (κ2) is 10.4. The molecule has 1 saturated heterocycles. The van der Waals surface area contributed by atoms with Gasteiger partial charge in [-0.25, -0.2) is 18.0 Å². The number of rotatable bonds is 7. The van der Waals surface area contributed by atoms with E-state index in [0.717, 1.165) is 0 Å². The Balaban J connectivity index is 1.74. The van der Waals surface area contributed by atoms with Gasteiger partial charge in [0.2, 0.25) is 10.0 Å². The summed E-state index contributed by atoms with van der Waals surface area (Å²) in [5, 5.41) is 0.444. The Morgan fingerprint density at radius 1 is 1.03 bits per heavy atom. The van der Waals surface area contributed by atoms with Crippen molar-refractivity contribution < 1.29 is 27.5 Å². The van der Waals surface area contributed by atoms with Gasteiger partial charge < -0.3 is 9.47 Å². The van der Waals surface area contributed by atoms with E-state index in [1.165, 1.54) is 35.7 Å². The zero-order valence-corrected chi connectivity index (χ0v) is 19.4. The molecule has 0 aromatic heterocycles. The molecule has 8 nitrogen and oxygen atoms in total. The summed E-state index contributed by atoms with van der Waals surface area (Å²) >= 11 is 6.30. The Hall–Kier alpha value is -2.46. The molecule has 172 valence electrons. The topological polar surface area (TPSA) is 93.2 Å². The number of hydrogen-bond donors (Lipinski definition) is 0. The van der Waals surface area contributed by atoms with Crippen LogP contribution in [0, 0.1) is 0 Å². The first kappa shape index (κ1) is 24.2. The predicted molar refractivity (Wildman–Crippen MR) is 119 cm³/mol. The standard InChI is InChI=1S/C22H25ClN2O6S/c1-3-31-21(26)16-8-10-17(11-9-16)32(28,29)25-14-12-24(13-15-25)20(22(27)30-2)18-6-4-5-7-19(18)23/h4-11,20H,3,12-15H2,1-2H3. The molecule has 0 radical (unpaired) electrons. The number of carbonyl (C=O) groups excluding carboxylic acids is 2. The molecule has 10 heteroatoms. The third-order valence-corrected chi connectivity index (χ3v) is 7.52. The molecule has 0 spiro atoms. The number of methoxy groups -OCH3 is 1. The van der Waals surface area contributed by atoms with E-state index in [1.807, 2.05) is 4.90 Å². The normalized spacial score (nSPS) is 16.3. The summed E-state index contributed by atoms with van der Waals surface area (Å²) in [6.07, 6.45) is 0. The van der Waals surface area contributed by atoms with Crippen molar-refractivity contribution >= 4 is 33.6 Å². The number of benzene rings is 2. The van der Waals surface area contributed by atoms with Crippen molar-refractivity contribution in [3.8, 4) is 0 Å². The lowest BCUT2D eigenvalue weighted by Crippen LogP contribution is -2.51. The van der Waals surface area contributed by atoms with Crippen molar-refractivity contribution in [2.45, 2.75) is 17.9 Å². The third-order valence-electron chi connectivity index (χ3n) is 5.27. The van der Waals surface area contributed by atoms with Crippen molar-refractivity contribution in [2.75, 3.05) is 39.9 Å². The summed E-state index contributed by atoms with van der Waals surface area (Å²) in [6.45, 7) is 2.98. The van der Waals surface area contributed by atoms with Crippen LogP contribution < -0.4 is 0 Å². The number of esters is 2. The lowest BCUT2D eigenvalue weighted by molar-refractivity contribution is -0.147. The van der Waals surface area contributed by atoms with Gasteiger partial charge in [0.15, 0.2) is 0 Å². The molecule has 32 heavy (non-hydrogen) atoms. The first-order valence-electron chi connectivity index (χ1n) is 10.1. The van der Waals surface area contributed by atoms with Crippen molar-refractivity contribution in [3.63, 3.8) is 0 Å². The van der Waals surface area contributed by atoms with Crippen LogP contribution in [0.1, 0.15) is 28.9 Å². The zero-order chi connectivity index (χ0) is 23.3. The van der Waals surface area contributed by atoms with E-state index in [2.05, 4.69) is 0 Å². The number of sulfonamides is 1. The van der Waals surface area contributed by atoms with E-state index in [4.69, 9.17) is 21.1 Å². The molecule has 0 aliphatic carbocycles. The van der Waals surface area contributed by atoms with E-state index in [1.54, 1.807) is 31.2 Å². The summed E-state index contributed by atoms with van der Waals surface area (Å²) in [6, 6.07) is 12.0. The van der Waals surface area contributed by atoms with E-state index in [9.17, 15) is 18.0 Å². The lowest BCUT2D eigenvalue weighted by Gasteiger charge is -2.37. The number of piperazine rings is 1. The molecule has 1 heterocycles. The van der Waals surface area contributed by atoms with Crippen LogP contribution in [-0.2, 0) is 24.3 Å². The fourth-order valence-corrected chi connectivity index (χ4v) is 5.27. The smallest absolute Gasteiger partial charge is 0.338 e. The van der Waals surface area contributed by atoms with Crippen LogP contribution in [0.5, 0.6) is 0 Å². The number of nitrogens with zero attached hydrogens (tertiary/aromatic N) is 2. The summed E-state index contributed by atoms with van der Waals surface area (Å²) in [5.41, 5.74) is 0.906. The summed E-state index contributed by atoms with van der Waals surface area (Å²) in [4.78, 5) is 26.3. The average Bonchev–Trinajstić information content (AvgIpc) is 2.81. The molecule has 1 unspecified atom stereocenters. The number of halogens is 1. The van der Waals surface area contributed by atoms with Crippen LogP contribution in [0.3, 0.4) is 0 Å². The van der Waals surface area contributed by atoms with Crippen LogP contribution in [0.4, 0.5) is 0 Å². The van der Waals surface area contributed by atoms with E-state index >= 15 is 0 Å². The molecule has 2 aromatic carbocycles. The maximum Gasteiger partial charge on any atom is 0.338 e. The molecule has 1 aliphatic heterocycles. The van der Waals surface area contributed by atoms with Crippen molar-refractivity contribution in [3.05, 3.63) is 64.7 Å². The lowest BCUT2D eigenvalue weighted by atomic mass is 10.0. The monoisotopic (exact) mass is 480 g/mol. The first-order chi connectivity index (χ1) is 15.3. The second-order valence-corrected chi connectivity index (χ2v) is 9.48. The average molecular weight is 481 g/mol. The molecule has 0 bridgehead atoms. The Morgan fingerprint density at radius 2 is 1.66 bits per heavy atom. The number of ether oxygens (including phenoxy) is 2. The van der Waals surface area contributed by atoms with Crippen LogP contribution >= 0.6 is 11.6 Å². The van der Waals surface area contributed by atoms with Gasteiger partial charge in [0.1, 0.15) is 6.04 Å². The van der Waals surface area contributed by atoms with Crippen molar-refractivity contribution in [2.24, 2.45) is 0 Å². The number of hydrogen-bond acceptors (Lipinski definition) is 7. The molecule has 3 rings (SSSR count). The minimum Gasteiger partial charge on any atom is -0.468 e. The summed E-state index contributed by atoms with van der Waals surface area (Å²) in [7, 11) is -2.44. The fourth-order valence-electron chi connectivity index (χ4n) is 3.61. The van der Waals surface area contributed by atoms with Crippen LogP contribution in [-0.4, -0.2) is 69.5 Å². The van der Waals surface area contributed by atoms with Gasteiger partial charge in [-0.2, -0.15) is 4.31 Å². The minimum atomic E-state index is -3.75. The highest BCUT2D eigenvalue weighted by atomic mass is 35.5. The van der Waals surface area contributed by atoms with Gasteiger partial charge >= 0.3 is 11.9 Å². The molecule has 0 amide bonds. The van der Waals surface area contributed by atoms with Crippen LogP contribution in [0.25, 0.3) is 0 Å². The highest BCUT2D eigenvalue weighted by molar-refractivity contribution is 7.89. The van der Waals surface area contributed by atoms with E-state index in [0.29, 0.717) is 23.7 Å². The molecule has 0 saturated carbocycles. The highest BCUT2D eigenvalue weighted by Crippen LogP contribution is 2.30.